The summed E-state index contributed by atoms with van der Waals surface area (Å²) in [5, 5.41) is 13.5. The third-order valence-electron chi connectivity index (χ3n) is 3.65. The maximum absolute atomic E-state index is 11.7. The van der Waals surface area contributed by atoms with Gasteiger partial charge in [0.15, 0.2) is 0 Å². The van der Waals surface area contributed by atoms with Crippen molar-refractivity contribution in [3.63, 3.8) is 0 Å². The molecule has 0 aliphatic rings. The highest BCUT2D eigenvalue weighted by Gasteiger charge is 2.08. The molecule has 24 heavy (non-hydrogen) atoms. The van der Waals surface area contributed by atoms with Crippen molar-refractivity contribution in [1.82, 2.24) is 0 Å². The number of fused-ring (bicyclic) bond motifs is 1. The summed E-state index contributed by atoms with van der Waals surface area (Å²) in [5.41, 5.74) is 1.45. The highest BCUT2D eigenvalue weighted by atomic mass is 16.5. The number of hydrogen-bond acceptors (Lipinski definition) is 6. The SMILES string of the molecule is COc1cc(NCc2cc(=O)oc3cc(O)ccc23)cc(OC)c1. The van der Waals surface area contributed by atoms with Gasteiger partial charge in [-0.2, -0.15) is 0 Å². The Hall–Kier alpha value is -3.15. The van der Waals surface area contributed by atoms with Crippen molar-refractivity contribution < 1.29 is 19.0 Å². The first-order valence-electron chi connectivity index (χ1n) is 7.32. The van der Waals surface area contributed by atoms with E-state index in [0.717, 1.165) is 16.6 Å². The van der Waals surface area contributed by atoms with Gasteiger partial charge in [-0.15, -0.1) is 0 Å². The Balaban J connectivity index is 1.92. The predicted octanol–water partition coefficient (Wildman–Crippen LogP) is 3.13. The lowest BCUT2D eigenvalue weighted by molar-refractivity contribution is 0.394. The number of phenols is 1. The summed E-state index contributed by atoms with van der Waals surface area (Å²) in [6.07, 6.45) is 0. The molecule has 0 fully saturated rings. The van der Waals surface area contributed by atoms with Crippen LogP contribution in [0, 0.1) is 0 Å². The molecule has 0 aliphatic heterocycles. The number of anilines is 1. The Kier molecular flexibility index (Phi) is 4.29. The van der Waals surface area contributed by atoms with Crippen LogP contribution in [0.4, 0.5) is 5.69 Å². The average molecular weight is 327 g/mol. The molecule has 6 heteroatoms. The summed E-state index contributed by atoms with van der Waals surface area (Å²) in [5.74, 6) is 1.38. The molecule has 1 heterocycles. The van der Waals surface area contributed by atoms with E-state index in [4.69, 9.17) is 13.9 Å². The first kappa shape index (κ1) is 15.7. The second-order valence-corrected chi connectivity index (χ2v) is 5.23. The van der Waals surface area contributed by atoms with Crippen LogP contribution in [0.3, 0.4) is 0 Å². The number of benzene rings is 2. The molecular formula is C18H17NO5. The fourth-order valence-electron chi connectivity index (χ4n) is 2.47. The summed E-state index contributed by atoms with van der Waals surface area (Å²) < 4.78 is 15.6. The van der Waals surface area contributed by atoms with Crippen LogP contribution in [0.2, 0.25) is 0 Å². The molecule has 0 bridgehead atoms. The fraction of sp³-hybridized carbons (Fsp3) is 0.167. The van der Waals surface area contributed by atoms with Crippen LogP contribution in [-0.4, -0.2) is 19.3 Å². The van der Waals surface area contributed by atoms with E-state index in [1.54, 1.807) is 32.4 Å². The minimum absolute atomic E-state index is 0.0493. The van der Waals surface area contributed by atoms with Crippen molar-refractivity contribution in [1.29, 1.82) is 0 Å². The van der Waals surface area contributed by atoms with Crippen molar-refractivity contribution in [2.24, 2.45) is 0 Å². The van der Waals surface area contributed by atoms with Gasteiger partial charge in [0.25, 0.3) is 0 Å². The molecule has 0 saturated heterocycles. The van der Waals surface area contributed by atoms with Crippen LogP contribution < -0.4 is 20.4 Å². The smallest absolute Gasteiger partial charge is 0.336 e. The lowest BCUT2D eigenvalue weighted by atomic mass is 10.1. The lowest BCUT2D eigenvalue weighted by Crippen LogP contribution is -2.06. The van der Waals surface area contributed by atoms with Crippen LogP contribution in [-0.2, 0) is 6.54 Å². The predicted molar refractivity (Wildman–Crippen MR) is 91.0 cm³/mol. The molecule has 0 saturated carbocycles. The van der Waals surface area contributed by atoms with Crippen molar-refractivity contribution in [2.75, 3.05) is 19.5 Å². The van der Waals surface area contributed by atoms with Gasteiger partial charge < -0.3 is 24.3 Å². The number of aromatic hydroxyl groups is 1. The first-order chi connectivity index (χ1) is 11.6. The molecule has 0 amide bonds. The molecule has 124 valence electrons. The number of phenolic OH excluding ortho intramolecular Hbond substituents is 1. The normalized spacial score (nSPS) is 10.6. The van der Waals surface area contributed by atoms with E-state index < -0.39 is 5.63 Å². The second-order valence-electron chi connectivity index (χ2n) is 5.23. The molecule has 0 spiro atoms. The average Bonchev–Trinajstić information content (AvgIpc) is 2.58. The Bertz CT molecular complexity index is 910. The topological polar surface area (TPSA) is 80.9 Å². The number of nitrogens with one attached hydrogen (secondary N) is 1. The van der Waals surface area contributed by atoms with Gasteiger partial charge in [-0.1, -0.05) is 0 Å². The van der Waals surface area contributed by atoms with Crippen molar-refractivity contribution in [3.05, 3.63) is 58.4 Å². The molecule has 0 radical (unpaired) electrons. The minimum atomic E-state index is -0.465. The molecule has 3 aromatic rings. The van der Waals surface area contributed by atoms with Crippen molar-refractivity contribution in [2.45, 2.75) is 6.54 Å². The Morgan fingerprint density at radius 2 is 1.75 bits per heavy atom. The fourth-order valence-corrected chi connectivity index (χ4v) is 2.47. The molecule has 6 nitrogen and oxygen atoms in total. The van der Waals surface area contributed by atoms with Gasteiger partial charge in [0.05, 0.1) is 14.2 Å². The van der Waals surface area contributed by atoms with Gasteiger partial charge in [0, 0.05) is 48.0 Å². The number of hydrogen-bond donors (Lipinski definition) is 2. The maximum atomic E-state index is 11.7. The molecule has 0 aliphatic carbocycles. The van der Waals surface area contributed by atoms with E-state index in [0.29, 0.717) is 23.6 Å². The van der Waals surface area contributed by atoms with Gasteiger partial charge in [0.2, 0.25) is 0 Å². The van der Waals surface area contributed by atoms with Gasteiger partial charge in [-0.25, -0.2) is 4.79 Å². The summed E-state index contributed by atoms with van der Waals surface area (Å²) >= 11 is 0. The van der Waals surface area contributed by atoms with E-state index in [1.807, 2.05) is 12.1 Å². The Labute approximate surface area is 138 Å². The van der Waals surface area contributed by atoms with Gasteiger partial charge >= 0.3 is 5.63 Å². The zero-order valence-corrected chi connectivity index (χ0v) is 13.3. The van der Waals surface area contributed by atoms with E-state index in [1.165, 1.54) is 12.1 Å². The number of ether oxygens (including phenoxy) is 2. The van der Waals surface area contributed by atoms with E-state index in [9.17, 15) is 9.90 Å². The standard InChI is InChI=1S/C18H17NO5/c1-22-14-6-12(7-15(9-14)23-2)19-10-11-5-18(21)24-17-8-13(20)3-4-16(11)17/h3-9,19-20H,10H2,1-2H3. The zero-order valence-electron chi connectivity index (χ0n) is 13.3. The van der Waals surface area contributed by atoms with E-state index >= 15 is 0 Å². The third kappa shape index (κ3) is 3.27. The summed E-state index contributed by atoms with van der Waals surface area (Å²) in [7, 11) is 3.17. The Morgan fingerprint density at radius 1 is 1.04 bits per heavy atom. The van der Waals surface area contributed by atoms with Crippen LogP contribution >= 0.6 is 0 Å². The van der Waals surface area contributed by atoms with Crippen LogP contribution in [0.25, 0.3) is 11.0 Å². The van der Waals surface area contributed by atoms with Crippen LogP contribution in [0.5, 0.6) is 17.2 Å². The number of rotatable bonds is 5. The molecular weight excluding hydrogens is 310 g/mol. The molecule has 2 N–H and O–H groups in total. The van der Waals surface area contributed by atoms with Crippen LogP contribution in [0.15, 0.2) is 51.7 Å². The minimum Gasteiger partial charge on any atom is -0.508 e. The molecule has 0 atom stereocenters. The largest absolute Gasteiger partial charge is 0.508 e. The van der Waals surface area contributed by atoms with Crippen LogP contribution in [0.1, 0.15) is 5.56 Å². The molecule has 0 unspecified atom stereocenters. The highest BCUT2D eigenvalue weighted by molar-refractivity contribution is 5.81. The maximum Gasteiger partial charge on any atom is 0.336 e. The Morgan fingerprint density at radius 3 is 2.42 bits per heavy atom. The second kappa shape index (κ2) is 6.54. The van der Waals surface area contributed by atoms with E-state index in [-0.39, 0.29) is 5.75 Å². The number of methoxy groups -OCH3 is 2. The molecule has 3 rings (SSSR count). The monoisotopic (exact) mass is 327 g/mol. The van der Waals surface area contributed by atoms with Gasteiger partial charge in [-0.3, -0.25) is 0 Å². The van der Waals surface area contributed by atoms with Crippen molar-refractivity contribution >= 4 is 16.7 Å². The quantitative estimate of drug-likeness (QED) is 0.701. The summed E-state index contributed by atoms with van der Waals surface area (Å²) in [6, 6.07) is 11.6. The first-order valence-corrected chi connectivity index (χ1v) is 7.32. The van der Waals surface area contributed by atoms with Gasteiger partial charge in [0.1, 0.15) is 22.8 Å². The lowest BCUT2D eigenvalue weighted by Gasteiger charge is -2.11. The van der Waals surface area contributed by atoms with E-state index in [2.05, 4.69) is 5.32 Å². The van der Waals surface area contributed by atoms with Crippen molar-refractivity contribution in [3.8, 4) is 17.2 Å². The highest BCUT2D eigenvalue weighted by Crippen LogP contribution is 2.27. The zero-order chi connectivity index (χ0) is 17.1. The molecule has 1 aromatic heterocycles. The molecule has 2 aromatic carbocycles. The third-order valence-corrected chi connectivity index (χ3v) is 3.65. The summed E-state index contributed by atoms with van der Waals surface area (Å²) in [6.45, 7) is 0.406. The van der Waals surface area contributed by atoms with Gasteiger partial charge in [-0.05, 0) is 17.7 Å². The summed E-state index contributed by atoms with van der Waals surface area (Å²) in [4.78, 5) is 11.7.